The topological polar surface area (TPSA) is 56.7 Å². The van der Waals surface area contributed by atoms with Crippen LogP contribution in [0.4, 0.5) is 0 Å². The van der Waals surface area contributed by atoms with Crippen LogP contribution >= 0.6 is 39.1 Å². The summed E-state index contributed by atoms with van der Waals surface area (Å²) in [5.41, 5.74) is 2.57. The summed E-state index contributed by atoms with van der Waals surface area (Å²) in [6.07, 6.45) is 3.67. The highest BCUT2D eigenvalue weighted by Gasteiger charge is 2.14. The summed E-state index contributed by atoms with van der Waals surface area (Å²) in [4.78, 5) is 4.46. The van der Waals surface area contributed by atoms with E-state index in [1.807, 2.05) is 35.1 Å². The molecule has 2 aromatic carbocycles. The van der Waals surface area contributed by atoms with Crippen LogP contribution in [0.3, 0.4) is 0 Å². The van der Waals surface area contributed by atoms with Gasteiger partial charge in [-0.25, -0.2) is 0 Å². The Morgan fingerprint density at radius 3 is 2.77 bits per heavy atom. The van der Waals surface area contributed by atoms with Crippen molar-refractivity contribution in [2.24, 2.45) is 0 Å². The number of nitrogens with zero attached hydrogens (tertiary/aromatic N) is 4. The molecule has 130 valence electrons. The summed E-state index contributed by atoms with van der Waals surface area (Å²) in [6, 6.07) is 13.0. The lowest BCUT2D eigenvalue weighted by Crippen LogP contribution is -1.99. The fraction of sp³-hybridized carbons (Fsp3) is 0.0556. The van der Waals surface area contributed by atoms with Gasteiger partial charge in [-0.2, -0.15) is 10.1 Å². The van der Waals surface area contributed by atoms with Gasteiger partial charge in [0.2, 0.25) is 5.82 Å². The van der Waals surface area contributed by atoms with Gasteiger partial charge < -0.3 is 4.52 Å². The van der Waals surface area contributed by atoms with Crippen molar-refractivity contribution in [1.29, 1.82) is 0 Å². The fourth-order valence-electron chi connectivity index (χ4n) is 2.54. The van der Waals surface area contributed by atoms with Gasteiger partial charge in [0.1, 0.15) is 0 Å². The van der Waals surface area contributed by atoms with Crippen molar-refractivity contribution in [1.82, 2.24) is 19.9 Å². The molecule has 2 heterocycles. The van der Waals surface area contributed by atoms with E-state index in [9.17, 15) is 0 Å². The first-order valence-electron chi connectivity index (χ1n) is 7.65. The minimum Gasteiger partial charge on any atom is -0.334 e. The summed E-state index contributed by atoms with van der Waals surface area (Å²) in [5, 5.41) is 9.33. The lowest BCUT2D eigenvalue weighted by molar-refractivity contribution is 0.432. The highest BCUT2D eigenvalue weighted by molar-refractivity contribution is 9.10. The minimum absolute atomic E-state index is 0.420. The van der Waals surface area contributed by atoms with Gasteiger partial charge in [0.05, 0.1) is 22.2 Å². The molecule has 0 bridgehead atoms. The maximum Gasteiger partial charge on any atom is 0.258 e. The van der Waals surface area contributed by atoms with Crippen molar-refractivity contribution in [3.63, 3.8) is 0 Å². The van der Waals surface area contributed by atoms with E-state index in [2.05, 4.69) is 31.2 Å². The highest BCUT2D eigenvalue weighted by atomic mass is 79.9. The maximum atomic E-state index is 6.22. The Balaban J connectivity index is 1.62. The van der Waals surface area contributed by atoms with Gasteiger partial charge in [0, 0.05) is 22.3 Å². The van der Waals surface area contributed by atoms with Crippen LogP contribution in [0.25, 0.3) is 22.8 Å². The molecule has 0 aliphatic carbocycles. The molecule has 2 aromatic heterocycles. The van der Waals surface area contributed by atoms with Gasteiger partial charge in [-0.15, -0.1) is 0 Å². The molecule has 0 fully saturated rings. The Hall–Kier alpha value is -2.15. The van der Waals surface area contributed by atoms with Gasteiger partial charge in [-0.05, 0) is 51.8 Å². The largest absolute Gasteiger partial charge is 0.334 e. The summed E-state index contributed by atoms with van der Waals surface area (Å²) in [5.74, 6) is 0.845. The van der Waals surface area contributed by atoms with Crippen LogP contribution in [0.5, 0.6) is 0 Å². The van der Waals surface area contributed by atoms with Crippen molar-refractivity contribution in [2.45, 2.75) is 6.54 Å². The standard InChI is InChI=1S/C18H11BrCl2N4O/c19-13-8-22-25(10-13)9-11-2-1-3-12(6-11)18-23-17(24-26-18)15-5-4-14(20)7-16(15)21/h1-8,10H,9H2. The zero-order valence-electron chi connectivity index (χ0n) is 13.2. The van der Waals surface area contributed by atoms with Crippen LogP contribution in [0.2, 0.25) is 10.0 Å². The molecule has 5 nitrogen and oxygen atoms in total. The van der Waals surface area contributed by atoms with Crippen molar-refractivity contribution in [2.75, 3.05) is 0 Å². The van der Waals surface area contributed by atoms with Crippen molar-refractivity contribution in [3.8, 4) is 22.8 Å². The molecule has 0 saturated carbocycles. The molecule has 0 atom stereocenters. The Morgan fingerprint density at radius 2 is 2.00 bits per heavy atom. The first-order chi connectivity index (χ1) is 12.6. The number of hydrogen-bond donors (Lipinski definition) is 0. The number of rotatable bonds is 4. The van der Waals surface area contributed by atoms with Gasteiger partial charge in [-0.1, -0.05) is 40.5 Å². The van der Waals surface area contributed by atoms with E-state index in [1.54, 1.807) is 24.4 Å². The van der Waals surface area contributed by atoms with Crippen LogP contribution < -0.4 is 0 Å². The third-order valence-electron chi connectivity index (χ3n) is 3.72. The SMILES string of the molecule is Clc1ccc(-c2noc(-c3cccc(Cn4cc(Br)cn4)c3)n2)c(Cl)c1. The Kier molecular flexibility index (Phi) is 4.80. The zero-order valence-corrected chi connectivity index (χ0v) is 16.3. The molecule has 4 rings (SSSR count). The summed E-state index contributed by atoms with van der Waals surface area (Å²) >= 11 is 15.5. The van der Waals surface area contributed by atoms with E-state index >= 15 is 0 Å². The van der Waals surface area contributed by atoms with Crippen molar-refractivity contribution >= 4 is 39.1 Å². The summed E-state index contributed by atoms with van der Waals surface area (Å²) in [6.45, 7) is 0.642. The van der Waals surface area contributed by atoms with Gasteiger partial charge in [0.15, 0.2) is 0 Å². The van der Waals surface area contributed by atoms with E-state index in [-0.39, 0.29) is 0 Å². The predicted octanol–water partition coefficient (Wildman–Crippen LogP) is 5.72. The predicted molar refractivity (Wildman–Crippen MR) is 104 cm³/mol. The molecule has 0 spiro atoms. The molecule has 0 amide bonds. The molecule has 0 unspecified atom stereocenters. The van der Waals surface area contributed by atoms with E-state index in [1.165, 1.54) is 0 Å². The number of halogens is 3. The second-order valence-electron chi connectivity index (χ2n) is 5.60. The molecule has 0 aliphatic rings. The third-order valence-corrected chi connectivity index (χ3v) is 4.68. The fourth-order valence-corrected chi connectivity index (χ4v) is 3.36. The quantitative estimate of drug-likeness (QED) is 0.400. The maximum absolute atomic E-state index is 6.22. The number of aromatic nitrogens is 4. The molecule has 26 heavy (non-hydrogen) atoms. The molecule has 0 saturated heterocycles. The average Bonchev–Trinajstić information content (AvgIpc) is 3.25. The lowest BCUT2D eigenvalue weighted by atomic mass is 10.1. The second-order valence-corrected chi connectivity index (χ2v) is 7.36. The molecule has 0 radical (unpaired) electrons. The molecule has 0 aliphatic heterocycles. The normalized spacial score (nSPS) is 11.0. The highest BCUT2D eigenvalue weighted by Crippen LogP contribution is 2.30. The van der Waals surface area contributed by atoms with Crippen molar-refractivity contribution < 1.29 is 4.52 Å². The molecule has 4 aromatic rings. The average molecular weight is 450 g/mol. The summed E-state index contributed by atoms with van der Waals surface area (Å²) in [7, 11) is 0. The van der Waals surface area contributed by atoms with Crippen LogP contribution in [-0.2, 0) is 6.54 Å². The zero-order chi connectivity index (χ0) is 18.1. The van der Waals surface area contributed by atoms with E-state index < -0.39 is 0 Å². The molecular formula is C18H11BrCl2N4O. The molecular weight excluding hydrogens is 439 g/mol. The van der Waals surface area contributed by atoms with E-state index in [0.29, 0.717) is 33.9 Å². The summed E-state index contributed by atoms with van der Waals surface area (Å²) < 4.78 is 8.20. The molecule has 0 N–H and O–H groups in total. The van der Waals surface area contributed by atoms with Gasteiger partial charge in [-0.3, -0.25) is 4.68 Å². The second kappa shape index (κ2) is 7.23. The number of benzene rings is 2. The lowest BCUT2D eigenvalue weighted by Gasteiger charge is -2.03. The van der Waals surface area contributed by atoms with Crippen LogP contribution in [-0.4, -0.2) is 19.9 Å². The Bertz CT molecular complexity index is 1080. The first kappa shape index (κ1) is 17.3. The van der Waals surface area contributed by atoms with Crippen LogP contribution in [0, 0.1) is 0 Å². The van der Waals surface area contributed by atoms with Gasteiger partial charge in [0.25, 0.3) is 5.89 Å². The monoisotopic (exact) mass is 448 g/mol. The van der Waals surface area contributed by atoms with E-state index in [0.717, 1.165) is 15.6 Å². The minimum atomic E-state index is 0.420. The molecule has 8 heteroatoms. The third kappa shape index (κ3) is 3.67. The number of hydrogen-bond acceptors (Lipinski definition) is 4. The first-order valence-corrected chi connectivity index (χ1v) is 9.20. The Morgan fingerprint density at radius 1 is 1.12 bits per heavy atom. The van der Waals surface area contributed by atoms with Crippen molar-refractivity contribution in [3.05, 3.63) is 74.9 Å². The smallest absolute Gasteiger partial charge is 0.258 e. The van der Waals surface area contributed by atoms with E-state index in [4.69, 9.17) is 27.7 Å². The Labute approximate surface area is 167 Å². The van der Waals surface area contributed by atoms with Gasteiger partial charge >= 0.3 is 0 Å². The van der Waals surface area contributed by atoms with Crippen LogP contribution in [0.1, 0.15) is 5.56 Å². The van der Waals surface area contributed by atoms with Crippen LogP contribution in [0.15, 0.2) is 63.9 Å².